The average molecular weight is 262 g/mol. The van der Waals surface area contributed by atoms with E-state index in [4.69, 9.17) is 4.74 Å². The number of benzene rings is 1. The number of nitrogens with zero attached hydrogens (tertiary/aromatic N) is 1. The van der Waals surface area contributed by atoms with Gasteiger partial charge >= 0.3 is 0 Å². The molecule has 2 rings (SSSR count). The van der Waals surface area contributed by atoms with Crippen LogP contribution < -0.4 is 15.0 Å². The molecular weight excluding hydrogens is 240 g/mol. The summed E-state index contributed by atoms with van der Waals surface area (Å²) >= 11 is 0. The number of carbonyl (C=O) groups excluding carboxylic acids is 1. The van der Waals surface area contributed by atoms with Gasteiger partial charge in [-0.2, -0.15) is 0 Å². The largest absolute Gasteiger partial charge is 0.479 e. The Labute approximate surface area is 114 Å². The van der Waals surface area contributed by atoms with E-state index < -0.39 is 6.10 Å². The van der Waals surface area contributed by atoms with Crippen LogP contribution in [0.2, 0.25) is 0 Å². The highest BCUT2D eigenvalue weighted by Crippen LogP contribution is 2.33. The Bertz CT molecular complexity index is 465. The van der Waals surface area contributed by atoms with E-state index in [1.165, 1.54) is 0 Å². The van der Waals surface area contributed by atoms with Crippen LogP contribution in [-0.2, 0) is 4.79 Å². The fraction of sp³-hybridized carbons (Fsp3) is 0.533. The molecular formula is C15H22N2O2. The second kappa shape index (κ2) is 5.21. The Hall–Kier alpha value is -1.55. The third-order valence-electron chi connectivity index (χ3n) is 3.06. The van der Waals surface area contributed by atoms with Crippen LogP contribution in [0.5, 0.6) is 5.75 Å². The maximum absolute atomic E-state index is 12.2. The molecule has 0 fully saturated rings. The standard InChI is InChI=1S/C15H22N2O2/c1-11-14(18)17(10-9-16-15(2,3)4)12-7-5-6-8-13(12)19-11/h5-8,11,16H,9-10H2,1-4H3. The number of anilines is 1. The third-order valence-corrected chi connectivity index (χ3v) is 3.06. The maximum atomic E-state index is 12.2. The molecule has 4 heteroatoms. The van der Waals surface area contributed by atoms with Crippen molar-refractivity contribution in [1.29, 1.82) is 0 Å². The second-order valence-electron chi connectivity index (χ2n) is 5.89. The summed E-state index contributed by atoms with van der Waals surface area (Å²) in [6.45, 7) is 9.56. The summed E-state index contributed by atoms with van der Waals surface area (Å²) in [5, 5.41) is 3.40. The van der Waals surface area contributed by atoms with Gasteiger partial charge in [0.05, 0.1) is 5.69 Å². The minimum absolute atomic E-state index is 0.0226. The van der Waals surface area contributed by atoms with Crippen molar-refractivity contribution in [2.75, 3.05) is 18.0 Å². The first-order chi connectivity index (χ1) is 8.88. The van der Waals surface area contributed by atoms with Crippen LogP contribution in [0.15, 0.2) is 24.3 Å². The summed E-state index contributed by atoms with van der Waals surface area (Å²) in [7, 11) is 0. The summed E-state index contributed by atoms with van der Waals surface area (Å²) in [5.41, 5.74) is 0.918. The number of amides is 1. The van der Waals surface area contributed by atoms with Gasteiger partial charge in [-0.15, -0.1) is 0 Å². The molecule has 1 aromatic rings. The van der Waals surface area contributed by atoms with Crippen LogP contribution in [0.3, 0.4) is 0 Å². The van der Waals surface area contributed by atoms with Crippen LogP contribution in [0.4, 0.5) is 5.69 Å². The minimum atomic E-state index is -0.412. The molecule has 0 aromatic heterocycles. The van der Waals surface area contributed by atoms with Crippen LogP contribution in [0.1, 0.15) is 27.7 Å². The number of ether oxygens (including phenoxy) is 1. The first kappa shape index (κ1) is 13.9. The number of fused-ring (bicyclic) bond motifs is 1. The zero-order valence-electron chi connectivity index (χ0n) is 12.1. The first-order valence-electron chi connectivity index (χ1n) is 6.70. The van der Waals surface area contributed by atoms with Crippen molar-refractivity contribution in [2.45, 2.75) is 39.3 Å². The number of rotatable bonds is 3. The molecule has 0 saturated carbocycles. The molecule has 1 heterocycles. The van der Waals surface area contributed by atoms with Crippen LogP contribution in [0, 0.1) is 0 Å². The monoisotopic (exact) mass is 262 g/mol. The molecule has 4 nitrogen and oxygen atoms in total. The summed E-state index contributed by atoms with van der Waals surface area (Å²) < 4.78 is 5.61. The highest BCUT2D eigenvalue weighted by atomic mass is 16.5. The third kappa shape index (κ3) is 3.26. The van der Waals surface area contributed by atoms with Gasteiger partial charge in [0.1, 0.15) is 5.75 Å². The number of hydrogen-bond donors (Lipinski definition) is 1. The lowest BCUT2D eigenvalue weighted by Crippen LogP contribution is -2.48. The van der Waals surface area contributed by atoms with E-state index in [0.29, 0.717) is 6.54 Å². The smallest absolute Gasteiger partial charge is 0.267 e. The van der Waals surface area contributed by atoms with Crippen LogP contribution >= 0.6 is 0 Å². The maximum Gasteiger partial charge on any atom is 0.267 e. The Balaban J connectivity index is 2.12. The van der Waals surface area contributed by atoms with Crippen molar-refractivity contribution in [3.63, 3.8) is 0 Å². The van der Waals surface area contributed by atoms with Gasteiger partial charge in [-0.3, -0.25) is 4.79 Å². The van der Waals surface area contributed by atoms with Gasteiger partial charge in [-0.1, -0.05) is 12.1 Å². The van der Waals surface area contributed by atoms with Gasteiger partial charge in [0.2, 0.25) is 0 Å². The van der Waals surface area contributed by atoms with E-state index in [9.17, 15) is 4.79 Å². The van der Waals surface area contributed by atoms with Crippen molar-refractivity contribution in [1.82, 2.24) is 5.32 Å². The summed E-state index contributed by atoms with van der Waals surface area (Å²) in [6, 6.07) is 7.68. The average Bonchev–Trinajstić information content (AvgIpc) is 2.32. The Morgan fingerprint density at radius 1 is 1.32 bits per heavy atom. The Morgan fingerprint density at radius 3 is 2.68 bits per heavy atom. The molecule has 1 N–H and O–H groups in total. The molecule has 104 valence electrons. The van der Waals surface area contributed by atoms with Gasteiger partial charge in [0, 0.05) is 18.6 Å². The van der Waals surface area contributed by atoms with Gasteiger partial charge in [-0.05, 0) is 39.8 Å². The van der Waals surface area contributed by atoms with Crippen LogP contribution in [-0.4, -0.2) is 30.6 Å². The fourth-order valence-electron chi connectivity index (χ4n) is 2.13. The summed E-state index contributed by atoms with van der Waals surface area (Å²) in [5.74, 6) is 0.805. The van der Waals surface area contributed by atoms with Crippen molar-refractivity contribution < 1.29 is 9.53 Å². The van der Waals surface area contributed by atoms with E-state index in [1.807, 2.05) is 29.2 Å². The molecule has 1 amide bonds. The van der Waals surface area contributed by atoms with Crippen LogP contribution in [0.25, 0.3) is 0 Å². The van der Waals surface area contributed by atoms with Gasteiger partial charge < -0.3 is 15.0 Å². The highest BCUT2D eigenvalue weighted by Gasteiger charge is 2.30. The van der Waals surface area contributed by atoms with Crippen molar-refractivity contribution in [3.8, 4) is 5.75 Å². The molecule has 0 bridgehead atoms. The minimum Gasteiger partial charge on any atom is -0.479 e. The van der Waals surface area contributed by atoms with E-state index in [-0.39, 0.29) is 11.4 Å². The van der Waals surface area contributed by atoms with Crippen molar-refractivity contribution in [2.24, 2.45) is 0 Å². The normalized spacial score (nSPS) is 19.1. The number of nitrogens with one attached hydrogen (secondary N) is 1. The SMILES string of the molecule is CC1Oc2ccccc2N(CCNC(C)(C)C)C1=O. The predicted octanol–water partition coefficient (Wildman–Crippen LogP) is 2.19. The first-order valence-corrected chi connectivity index (χ1v) is 6.70. The fourth-order valence-corrected chi connectivity index (χ4v) is 2.13. The van der Waals surface area contributed by atoms with E-state index in [1.54, 1.807) is 6.92 Å². The van der Waals surface area contributed by atoms with E-state index in [2.05, 4.69) is 26.1 Å². The Kier molecular flexibility index (Phi) is 3.80. The van der Waals surface area contributed by atoms with E-state index >= 15 is 0 Å². The molecule has 0 radical (unpaired) electrons. The predicted molar refractivity (Wildman–Crippen MR) is 76.6 cm³/mol. The van der Waals surface area contributed by atoms with Gasteiger partial charge in [0.25, 0.3) is 5.91 Å². The lowest BCUT2D eigenvalue weighted by atomic mass is 10.1. The molecule has 1 aromatic carbocycles. The number of para-hydroxylation sites is 2. The van der Waals surface area contributed by atoms with Gasteiger partial charge in [0.15, 0.2) is 6.10 Å². The molecule has 19 heavy (non-hydrogen) atoms. The molecule has 1 unspecified atom stereocenters. The molecule has 1 aliphatic heterocycles. The van der Waals surface area contributed by atoms with Crippen molar-refractivity contribution >= 4 is 11.6 Å². The lowest BCUT2D eigenvalue weighted by Gasteiger charge is -2.33. The van der Waals surface area contributed by atoms with Gasteiger partial charge in [-0.25, -0.2) is 0 Å². The zero-order chi connectivity index (χ0) is 14.0. The summed E-state index contributed by atoms with van der Waals surface area (Å²) in [6.07, 6.45) is -0.412. The lowest BCUT2D eigenvalue weighted by molar-refractivity contribution is -0.125. The number of carbonyl (C=O) groups is 1. The summed E-state index contributed by atoms with van der Waals surface area (Å²) in [4.78, 5) is 14.0. The number of hydrogen-bond acceptors (Lipinski definition) is 3. The van der Waals surface area contributed by atoms with Crippen molar-refractivity contribution in [3.05, 3.63) is 24.3 Å². The molecule has 0 aliphatic carbocycles. The highest BCUT2D eigenvalue weighted by molar-refractivity contribution is 5.99. The second-order valence-corrected chi connectivity index (χ2v) is 5.89. The topological polar surface area (TPSA) is 41.6 Å². The molecule has 0 spiro atoms. The quantitative estimate of drug-likeness (QED) is 0.908. The van der Waals surface area contributed by atoms with E-state index in [0.717, 1.165) is 18.0 Å². The molecule has 1 atom stereocenters. The Morgan fingerprint density at radius 2 is 2.00 bits per heavy atom. The molecule has 0 saturated heterocycles. The zero-order valence-corrected chi connectivity index (χ0v) is 12.1. The molecule has 1 aliphatic rings.